The van der Waals surface area contributed by atoms with Gasteiger partial charge in [0.1, 0.15) is 0 Å². The predicted octanol–water partition coefficient (Wildman–Crippen LogP) is 3.89. The summed E-state index contributed by atoms with van der Waals surface area (Å²) in [6, 6.07) is 9.85. The molecular formula is C27H43N3O4S. The largest absolute Gasteiger partial charge is 0.342 e. The Morgan fingerprint density at radius 2 is 1.66 bits per heavy atom. The predicted molar refractivity (Wildman–Crippen MR) is 139 cm³/mol. The van der Waals surface area contributed by atoms with Crippen molar-refractivity contribution in [1.82, 2.24) is 14.1 Å². The van der Waals surface area contributed by atoms with Crippen molar-refractivity contribution < 1.29 is 18.0 Å². The molecule has 2 amide bonds. The van der Waals surface area contributed by atoms with E-state index in [4.69, 9.17) is 0 Å². The average Bonchev–Trinajstić information content (AvgIpc) is 3.37. The molecule has 1 saturated carbocycles. The van der Waals surface area contributed by atoms with Crippen LogP contribution in [-0.4, -0.2) is 72.3 Å². The van der Waals surface area contributed by atoms with Gasteiger partial charge in [-0.15, -0.1) is 0 Å². The number of hydrogen-bond donors (Lipinski definition) is 0. The summed E-state index contributed by atoms with van der Waals surface area (Å²) < 4.78 is 27.2. The van der Waals surface area contributed by atoms with Gasteiger partial charge >= 0.3 is 0 Å². The van der Waals surface area contributed by atoms with Crippen LogP contribution in [0.2, 0.25) is 0 Å². The Morgan fingerprint density at radius 3 is 2.23 bits per heavy atom. The minimum absolute atomic E-state index is 0.00915. The van der Waals surface area contributed by atoms with Crippen LogP contribution in [0.5, 0.6) is 0 Å². The van der Waals surface area contributed by atoms with E-state index >= 15 is 0 Å². The van der Waals surface area contributed by atoms with Gasteiger partial charge in [-0.2, -0.15) is 4.31 Å². The highest BCUT2D eigenvalue weighted by Crippen LogP contribution is 2.28. The Morgan fingerprint density at radius 1 is 1.03 bits per heavy atom. The lowest BCUT2D eigenvalue weighted by atomic mass is 9.99. The van der Waals surface area contributed by atoms with Gasteiger partial charge in [-0.1, -0.05) is 63.9 Å². The standard InChI is InChI=1S/C27H43N3O4S/c1-4-18-35(33,34)29(19-22(2)3)21-26(31)30(20-23-10-6-5-7-11-23)25-14-16-28(17-15-25)27(32)24-12-8-9-13-24/h5-7,10-11,22,24-25H,4,8-9,12-21H2,1-3H3. The van der Waals surface area contributed by atoms with Crippen molar-refractivity contribution in [2.24, 2.45) is 11.8 Å². The molecule has 0 atom stereocenters. The third kappa shape index (κ3) is 7.78. The van der Waals surface area contributed by atoms with Crippen LogP contribution >= 0.6 is 0 Å². The van der Waals surface area contributed by atoms with Crippen LogP contribution in [0.1, 0.15) is 71.3 Å². The molecule has 35 heavy (non-hydrogen) atoms. The molecule has 2 fully saturated rings. The Bertz CT molecular complexity index is 921. The van der Waals surface area contributed by atoms with Gasteiger partial charge in [-0.05, 0) is 43.6 Å². The quantitative estimate of drug-likeness (QED) is 0.457. The van der Waals surface area contributed by atoms with Crippen molar-refractivity contribution in [3.8, 4) is 0 Å². The molecule has 1 saturated heterocycles. The number of piperidine rings is 1. The number of nitrogens with zero attached hydrogens (tertiary/aromatic N) is 3. The van der Waals surface area contributed by atoms with E-state index in [0.29, 0.717) is 32.6 Å². The molecule has 0 unspecified atom stereocenters. The summed E-state index contributed by atoms with van der Waals surface area (Å²) in [5.74, 6) is 0.460. The average molecular weight is 506 g/mol. The van der Waals surface area contributed by atoms with E-state index in [1.165, 1.54) is 4.31 Å². The number of sulfonamides is 1. The first-order chi connectivity index (χ1) is 16.7. The summed E-state index contributed by atoms with van der Waals surface area (Å²) in [6.45, 7) is 7.75. The van der Waals surface area contributed by atoms with E-state index in [9.17, 15) is 18.0 Å². The van der Waals surface area contributed by atoms with Gasteiger partial charge in [0.2, 0.25) is 21.8 Å². The molecular weight excluding hydrogens is 462 g/mol. The lowest BCUT2D eigenvalue weighted by molar-refractivity contribution is -0.139. The molecule has 1 aromatic rings. The maximum Gasteiger partial charge on any atom is 0.238 e. The van der Waals surface area contributed by atoms with Crippen molar-refractivity contribution in [2.45, 2.75) is 78.3 Å². The minimum Gasteiger partial charge on any atom is -0.342 e. The van der Waals surface area contributed by atoms with E-state index in [2.05, 4.69) is 0 Å². The first kappa shape index (κ1) is 27.7. The molecule has 1 heterocycles. The second kappa shape index (κ2) is 12.9. The highest BCUT2D eigenvalue weighted by molar-refractivity contribution is 7.89. The Kier molecular flexibility index (Phi) is 10.2. The Hall–Kier alpha value is -1.93. The SMILES string of the molecule is CCCS(=O)(=O)N(CC(=O)N(Cc1ccccc1)C1CCN(C(=O)C2CCCC2)CC1)CC(C)C. The maximum atomic E-state index is 13.7. The summed E-state index contributed by atoms with van der Waals surface area (Å²) in [5.41, 5.74) is 1.03. The number of carbonyl (C=O) groups is 2. The fourth-order valence-electron chi connectivity index (χ4n) is 5.34. The van der Waals surface area contributed by atoms with Gasteiger partial charge in [-0.3, -0.25) is 9.59 Å². The third-order valence-electron chi connectivity index (χ3n) is 7.17. The topological polar surface area (TPSA) is 78.0 Å². The fourth-order valence-corrected chi connectivity index (χ4v) is 6.95. The molecule has 0 bridgehead atoms. The number of hydrogen-bond acceptors (Lipinski definition) is 4. The summed E-state index contributed by atoms with van der Waals surface area (Å²) in [6.07, 6.45) is 6.24. The van der Waals surface area contributed by atoms with Crippen molar-refractivity contribution in [3.63, 3.8) is 0 Å². The highest BCUT2D eigenvalue weighted by Gasteiger charge is 2.34. The van der Waals surface area contributed by atoms with Crippen molar-refractivity contribution >= 4 is 21.8 Å². The summed E-state index contributed by atoms with van der Waals surface area (Å²) in [5, 5.41) is 0. The second-order valence-corrected chi connectivity index (χ2v) is 12.6. The normalized spacial score (nSPS) is 17.9. The molecule has 1 aliphatic heterocycles. The monoisotopic (exact) mass is 505 g/mol. The first-order valence-corrected chi connectivity index (χ1v) is 14.9. The van der Waals surface area contributed by atoms with E-state index in [1.807, 2.05) is 60.9 Å². The molecule has 2 aliphatic rings. The molecule has 8 heteroatoms. The second-order valence-electron chi connectivity index (χ2n) is 10.5. The van der Waals surface area contributed by atoms with Gasteiger partial charge in [-0.25, -0.2) is 8.42 Å². The zero-order valence-corrected chi connectivity index (χ0v) is 22.5. The van der Waals surface area contributed by atoms with Crippen LogP contribution in [0.25, 0.3) is 0 Å². The number of benzene rings is 1. The van der Waals surface area contributed by atoms with Crippen LogP contribution in [0.4, 0.5) is 0 Å². The molecule has 196 valence electrons. The Labute approximate surface area is 211 Å². The van der Waals surface area contributed by atoms with Gasteiger partial charge in [0.15, 0.2) is 0 Å². The van der Waals surface area contributed by atoms with Crippen molar-refractivity contribution in [3.05, 3.63) is 35.9 Å². The lowest BCUT2D eigenvalue weighted by Gasteiger charge is -2.40. The van der Waals surface area contributed by atoms with Crippen LogP contribution in [0.15, 0.2) is 30.3 Å². The Balaban J connectivity index is 1.73. The minimum atomic E-state index is -3.50. The van der Waals surface area contributed by atoms with Crippen LogP contribution in [0.3, 0.4) is 0 Å². The summed E-state index contributed by atoms with van der Waals surface area (Å²) in [4.78, 5) is 30.4. The lowest BCUT2D eigenvalue weighted by Crippen LogP contribution is -2.52. The molecule has 0 spiro atoms. The van der Waals surface area contributed by atoms with E-state index in [0.717, 1.165) is 44.1 Å². The zero-order chi connectivity index (χ0) is 25.4. The van der Waals surface area contributed by atoms with Gasteiger partial charge < -0.3 is 9.80 Å². The summed E-state index contributed by atoms with van der Waals surface area (Å²) in [7, 11) is -3.50. The highest BCUT2D eigenvalue weighted by atomic mass is 32.2. The molecule has 0 N–H and O–H groups in total. The van der Waals surface area contributed by atoms with Gasteiger partial charge in [0.25, 0.3) is 0 Å². The molecule has 0 radical (unpaired) electrons. The third-order valence-corrected chi connectivity index (χ3v) is 9.16. The van der Waals surface area contributed by atoms with Crippen LogP contribution < -0.4 is 0 Å². The maximum absolute atomic E-state index is 13.7. The molecule has 0 aromatic heterocycles. The van der Waals surface area contributed by atoms with Crippen LogP contribution in [-0.2, 0) is 26.2 Å². The fraction of sp³-hybridized carbons (Fsp3) is 0.704. The van der Waals surface area contributed by atoms with E-state index in [1.54, 1.807) is 0 Å². The van der Waals surface area contributed by atoms with E-state index in [-0.39, 0.29) is 42.0 Å². The molecule has 3 rings (SSSR count). The molecule has 7 nitrogen and oxygen atoms in total. The smallest absolute Gasteiger partial charge is 0.238 e. The number of rotatable bonds is 11. The van der Waals surface area contributed by atoms with E-state index < -0.39 is 10.0 Å². The first-order valence-electron chi connectivity index (χ1n) is 13.3. The number of amides is 2. The van der Waals surface area contributed by atoms with Crippen molar-refractivity contribution in [1.29, 1.82) is 0 Å². The number of likely N-dealkylation sites (tertiary alicyclic amines) is 1. The zero-order valence-electron chi connectivity index (χ0n) is 21.7. The van der Waals surface area contributed by atoms with Crippen LogP contribution in [0, 0.1) is 11.8 Å². The van der Waals surface area contributed by atoms with Crippen molar-refractivity contribution in [2.75, 3.05) is 31.9 Å². The summed E-state index contributed by atoms with van der Waals surface area (Å²) >= 11 is 0. The molecule has 1 aromatic carbocycles. The number of carbonyl (C=O) groups excluding carboxylic acids is 2. The molecule has 1 aliphatic carbocycles. The van der Waals surface area contributed by atoms with Gasteiger partial charge in [0, 0.05) is 38.1 Å². The van der Waals surface area contributed by atoms with Gasteiger partial charge in [0.05, 0.1) is 12.3 Å².